The van der Waals surface area contributed by atoms with Crippen LogP contribution in [0, 0.1) is 11.3 Å². The highest BCUT2D eigenvalue weighted by molar-refractivity contribution is 5.86. The Labute approximate surface area is 118 Å². The van der Waals surface area contributed by atoms with E-state index < -0.39 is 0 Å². The van der Waals surface area contributed by atoms with Crippen molar-refractivity contribution in [1.82, 2.24) is 9.88 Å². The number of nitriles is 1. The van der Waals surface area contributed by atoms with Crippen LogP contribution in [-0.2, 0) is 17.6 Å². The van der Waals surface area contributed by atoms with Crippen molar-refractivity contribution >= 4 is 11.7 Å². The number of rotatable bonds is 2. The van der Waals surface area contributed by atoms with Gasteiger partial charge in [-0.3, -0.25) is 4.79 Å². The van der Waals surface area contributed by atoms with Gasteiger partial charge in [0.25, 0.3) is 0 Å². The van der Waals surface area contributed by atoms with Crippen molar-refractivity contribution in [1.29, 1.82) is 5.26 Å². The third-order valence-electron chi connectivity index (χ3n) is 4.16. The van der Waals surface area contributed by atoms with Crippen LogP contribution in [0.15, 0.2) is 6.07 Å². The molecule has 1 unspecified atom stereocenters. The Morgan fingerprint density at radius 1 is 1.45 bits per heavy atom. The highest BCUT2D eigenvalue weighted by Gasteiger charge is 2.30. The molecule has 20 heavy (non-hydrogen) atoms. The van der Waals surface area contributed by atoms with Crippen LogP contribution in [0.5, 0.6) is 0 Å². The summed E-state index contributed by atoms with van der Waals surface area (Å²) < 4.78 is 0. The van der Waals surface area contributed by atoms with Gasteiger partial charge in [-0.05, 0) is 43.7 Å². The topological polar surface area (TPSA) is 69.0 Å². The average molecular weight is 270 g/mol. The fraction of sp³-hybridized carbons (Fsp3) is 0.533. The second-order valence-corrected chi connectivity index (χ2v) is 5.55. The van der Waals surface area contributed by atoms with Crippen LogP contribution in [-0.4, -0.2) is 35.4 Å². The summed E-state index contributed by atoms with van der Waals surface area (Å²) in [6.07, 6.45) is 5.05. The quantitative estimate of drug-likeness (QED) is 0.883. The van der Waals surface area contributed by atoms with Crippen LogP contribution in [0.2, 0.25) is 0 Å². The fourth-order valence-electron chi connectivity index (χ4n) is 2.95. The number of likely N-dealkylation sites (tertiary alicyclic amines) is 1. The molecule has 1 aliphatic heterocycles. The molecule has 5 heteroatoms. The Morgan fingerprint density at radius 3 is 2.95 bits per heavy atom. The van der Waals surface area contributed by atoms with Crippen molar-refractivity contribution in [2.24, 2.45) is 0 Å². The number of nitrogens with one attached hydrogen (secondary N) is 1. The van der Waals surface area contributed by atoms with Crippen LogP contribution in [0.4, 0.5) is 5.82 Å². The third kappa shape index (κ3) is 2.22. The summed E-state index contributed by atoms with van der Waals surface area (Å²) in [7, 11) is 1.80. The van der Waals surface area contributed by atoms with Crippen molar-refractivity contribution in [2.45, 2.75) is 38.1 Å². The molecule has 0 spiro atoms. The molecule has 1 saturated heterocycles. The Bertz CT molecular complexity index is 590. The Morgan fingerprint density at radius 2 is 2.25 bits per heavy atom. The van der Waals surface area contributed by atoms with E-state index in [1.807, 2.05) is 6.07 Å². The minimum absolute atomic E-state index is 0.0772. The van der Waals surface area contributed by atoms with Crippen molar-refractivity contribution in [3.05, 3.63) is 22.9 Å². The lowest BCUT2D eigenvalue weighted by molar-refractivity contribution is -0.127. The van der Waals surface area contributed by atoms with E-state index in [1.54, 1.807) is 11.9 Å². The number of carbonyl (C=O) groups excluding carboxylic acids is 1. The summed E-state index contributed by atoms with van der Waals surface area (Å²) in [6, 6.07) is 3.88. The van der Waals surface area contributed by atoms with Gasteiger partial charge in [-0.1, -0.05) is 0 Å². The number of carbonyl (C=O) groups is 1. The third-order valence-corrected chi connectivity index (χ3v) is 4.16. The van der Waals surface area contributed by atoms with E-state index in [0.29, 0.717) is 11.4 Å². The van der Waals surface area contributed by atoms with Gasteiger partial charge in [-0.25, -0.2) is 4.98 Å². The second kappa shape index (κ2) is 5.12. The first kappa shape index (κ1) is 12.9. The number of aryl methyl sites for hydroxylation is 2. The van der Waals surface area contributed by atoms with Gasteiger partial charge in [0, 0.05) is 19.3 Å². The van der Waals surface area contributed by atoms with Gasteiger partial charge >= 0.3 is 0 Å². The van der Waals surface area contributed by atoms with E-state index in [-0.39, 0.29) is 11.9 Å². The van der Waals surface area contributed by atoms with Gasteiger partial charge < -0.3 is 10.2 Å². The second-order valence-electron chi connectivity index (χ2n) is 5.55. The number of amides is 1. The van der Waals surface area contributed by atoms with Crippen LogP contribution >= 0.6 is 0 Å². The van der Waals surface area contributed by atoms with Gasteiger partial charge in [0.15, 0.2) is 0 Å². The standard InChI is InChI=1S/C15H18N4O/c1-19-7-6-13(15(19)20)18-14-11(9-16)8-10-4-2-3-5-12(10)17-14/h8,13H,2-7H2,1H3,(H,17,18). The lowest BCUT2D eigenvalue weighted by Crippen LogP contribution is -2.31. The van der Waals surface area contributed by atoms with Crippen molar-refractivity contribution in [3.8, 4) is 6.07 Å². The van der Waals surface area contributed by atoms with Crippen molar-refractivity contribution in [3.63, 3.8) is 0 Å². The molecule has 1 aromatic rings. The number of nitrogens with zero attached hydrogens (tertiary/aromatic N) is 3. The summed E-state index contributed by atoms with van der Waals surface area (Å²) in [5.41, 5.74) is 2.82. The molecular weight excluding hydrogens is 252 g/mol. The maximum Gasteiger partial charge on any atom is 0.244 e. The molecule has 1 atom stereocenters. The molecule has 1 N–H and O–H groups in total. The highest BCUT2D eigenvalue weighted by atomic mass is 16.2. The molecule has 2 heterocycles. The van der Waals surface area contributed by atoms with E-state index in [9.17, 15) is 10.1 Å². The zero-order valence-electron chi connectivity index (χ0n) is 11.6. The molecule has 0 radical (unpaired) electrons. The first-order valence-corrected chi connectivity index (χ1v) is 7.13. The van der Waals surface area contributed by atoms with E-state index >= 15 is 0 Å². The summed E-state index contributed by atoms with van der Waals surface area (Å²) in [5, 5.41) is 12.5. The fourth-order valence-corrected chi connectivity index (χ4v) is 2.95. The number of fused-ring (bicyclic) bond motifs is 1. The number of hydrogen-bond acceptors (Lipinski definition) is 4. The first-order chi connectivity index (χ1) is 9.69. The van der Waals surface area contributed by atoms with E-state index in [4.69, 9.17) is 0 Å². The molecule has 1 aromatic heterocycles. The number of aromatic nitrogens is 1. The highest BCUT2D eigenvalue weighted by Crippen LogP contribution is 2.25. The number of anilines is 1. The minimum Gasteiger partial charge on any atom is -0.357 e. The normalized spacial score (nSPS) is 21.5. The van der Waals surface area contributed by atoms with Crippen LogP contribution < -0.4 is 5.32 Å². The molecule has 1 fully saturated rings. The van der Waals surface area contributed by atoms with Gasteiger partial charge in [0.05, 0.1) is 5.56 Å². The molecule has 104 valence electrons. The Hall–Kier alpha value is -2.09. The maximum absolute atomic E-state index is 12.0. The average Bonchev–Trinajstić information content (AvgIpc) is 2.78. The molecule has 3 rings (SSSR count). The van der Waals surface area contributed by atoms with E-state index in [2.05, 4.69) is 16.4 Å². The summed E-state index contributed by atoms with van der Waals surface area (Å²) in [6.45, 7) is 0.753. The lowest BCUT2D eigenvalue weighted by atomic mass is 9.95. The first-order valence-electron chi connectivity index (χ1n) is 7.13. The monoisotopic (exact) mass is 270 g/mol. The maximum atomic E-state index is 12.0. The Kier molecular flexibility index (Phi) is 3.31. The Balaban J connectivity index is 1.89. The minimum atomic E-state index is -0.249. The zero-order valence-corrected chi connectivity index (χ0v) is 11.6. The molecule has 0 saturated carbocycles. The van der Waals surface area contributed by atoms with Crippen LogP contribution in [0.3, 0.4) is 0 Å². The summed E-state index contributed by atoms with van der Waals surface area (Å²) in [5.74, 6) is 0.648. The largest absolute Gasteiger partial charge is 0.357 e. The smallest absolute Gasteiger partial charge is 0.244 e. The summed E-state index contributed by atoms with van der Waals surface area (Å²) >= 11 is 0. The van der Waals surface area contributed by atoms with Crippen molar-refractivity contribution in [2.75, 3.05) is 18.9 Å². The molecular formula is C15H18N4O. The predicted octanol–water partition coefficient (Wildman–Crippen LogP) is 1.47. The molecule has 1 aliphatic carbocycles. The molecule has 5 nitrogen and oxygen atoms in total. The van der Waals surface area contributed by atoms with Gasteiger partial charge in [0.1, 0.15) is 17.9 Å². The number of hydrogen-bond donors (Lipinski definition) is 1. The molecule has 2 aliphatic rings. The van der Waals surface area contributed by atoms with Gasteiger partial charge in [0.2, 0.25) is 5.91 Å². The predicted molar refractivity (Wildman–Crippen MR) is 75.3 cm³/mol. The number of likely N-dealkylation sites (N-methyl/N-ethyl adjacent to an activating group) is 1. The number of pyridine rings is 1. The van der Waals surface area contributed by atoms with Gasteiger partial charge in [-0.2, -0.15) is 5.26 Å². The van der Waals surface area contributed by atoms with E-state index in [0.717, 1.165) is 44.3 Å². The zero-order chi connectivity index (χ0) is 14.1. The molecule has 0 bridgehead atoms. The van der Waals surface area contributed by atoms with E-state index in [1.165, 1.54) is 5.56 Å². The van der Waals surface area contributed by atoms with Gasteiger partial charge in [-0.15, -0.1) is 0 Å². The van der Waals surface area contributed by atoms with Crippen LogP contribution in [0.1, 0.15) is 36.1 Å². The SMILES string of the molecule is CN1CCC(Nc2nc3c(cc2C#N)CCCC3)C1=O. The lowest BCUT2D eigenvalue weighted by Gasteiger charge is -2.19. The van der Waals surface area contributed by atoms with Crippen LogP contribution in [0.25, 0.3) is 0 Å². The molecule has 0 aromatic carbocycles. The van der Waals surface area contributed by atoms with Crippen molar-refractivity contribution < 1.29 is 4.79 Å². The summed E-state index contributed by atoms with van der Waals surface area (Å²) in [4.78, 5) is 18.3. The molecule has 1 amide bonds.